The van der Waals surface area contributed by atoms with Gasteiger partial charge >= 0.3 is 0 Å². The summed E-state index contributed by atoms with van der Waals surface area (Å²) in [4.78, 5) is 2.38. The molecule has 0 radical (unpaired) electrons. The van der Waals surface area contributed by atoms with E-state index < -0.39 is 5.67 Å². The second-order valence-corrected chi connectivity index (χ2v) is 12.2. The molecule has 1 aliphatic heterocycles. The fraction of sp³-hybridized carbons (Fsp3) is 0.387. The van der Waals surface area contributed by atoms with Gasteiger partial charge in [-0.15, -0.1) is 19.4 Å². The first-order valence-corrected chi connectivity index (χ1v) is 14.4. The topological polar surface area (TPSA) is 92.0 Å². The van der Waals surface area contributed by atoms with Crippen molar-refractivity contribution in [3.05, 3.63) is 87.8 Å². The van der Waals surface area contributed by atoms with Crippen molar-refractivity contribution in [1.29, 1.82) is 5.26 Å². The standard InChI is InChI=1S/C21H24ClFN2.C10H12N3OP/c1-21(2,23)11-16-13-25(14-16)20(17-6-8-19(22)9-7-17)18-5-3-4-15(10-18)12-24;1-6-2-7(4-8(15)3-6)10-13-12-9(5-11)14-10/h5-10,16,20H,3-4,11,13-14H2,1-2H3;2-4H,5,11,15H2,1H3. The molecule has 2 aromatic carbocycles. The molecule has 0 bridgehead atoms. The summed E-state index contributed by atoms with van der Waals surface area (Å²) in [7, 11) is 2.65. The summed E-state index contributed by atoms with van der Waals surface area (Å²) in [5.74, 6) is 1.36. The van der Waals surface area contributed by atoms with Gasteiger partial charge in [-0.3, -0.25) is 4.90 Å². The van der Waals surface area contributed by atoms with E-state index in [1.54, 1.807) is 13.8 Å². The van der Waals surface area contributed by atoms with E-state index in [1.165, 1.54) is 11.1 Å². The number of halogens is 2. The summed E-state index contributed by atoms with van der Waals surface area (Å²) < 4.78 is 19.3. The van der Waals surface area contributed by atoms with Crippen LogP contribution in [-0.4, -0.2) is 33.9 Å². The maximum absolute atomic E-state index is 13.9. The first-order valence-electron chi connectivity index (χ1n) is 13.4. The zero-order valence-electron chi connectivity index (χ0n) is 23.2. The Morgan fingerprint density at radius 2 is 1.95 bits per heavy atom. The Kier molecular flexibility index (Phi) is 9.92. The lowest BCUT2D eigenvalue weighted by Gasteiger charge is -2.46. The third-order valence-corrected chi connectivity index (χ3v) is 7.48. The van der Waals surface area contributed by atoms with Crippen molar-refractivity contribution in [3.63, 3.8) is 0 Å². The molecule has 2 N–H and O–H groups in total. The zero-order chi connectivity index (χ0) is 28.9. The first kappa shape index (κ1) is 30.1. The second kappa shape index (κ2) is 13.2. The molecular weight excluding hydrogens is 544 g/mol. The van der Waals surface area contributed by atoms with Gasteiger partial charge in [0.1, 0.15) is 5.67 Å². The van der Waals surface area contributed by atoms with Crippen LogP contribution in [0.4, 0.5) is 4.39 Å². The lowest BCUT2D eigenvalue weighted by molar-refractivity contribution is 0.0290. The van der Waals surface area contributed by atoms with Crippen molar-refractivity contribution in [3.8, 4) is 17.5 Å². The summed E-state index contributed by atoms with van der Waals surface area (Å²) >= 11 is 6.05. The van der Waals surface area contributed by atoms with E-state index >= 15 is 0 Å². The van der Waals surface area contributed by atoms with Gasteiger partial charge in [-0.1, -0.05) is 35.9 Å². The van der Waals surface area contributed by atoms with Crippen LogP contribution in [0, 0.1) is 24.2 Å². The number of alkyl halides is 1. The summed E-state index contributed by atoms with van der Waals surface area (Å²) in [6.07, 6.45) is 6.55. The average Bonchev–Trinajstić information content (AvgIpc) is 3.37. The van der Waals surface area contributed by atoms with Crippen LogP contribution >= 0.6 is 20.8 Å². The molecule has 1 fully saturated rings. The second-order valence-electron chi connectivity index (χ2n) is 11.1. The SMILES string of the molecule is CC(C)(F)CC1CN(C(C2=CCCC(C#N)=C2)c2ccc(Cl)cc2)C1.Cc1cc(P)cc(-c2nnc(CN)o2)c1. The molecule has 2 heterocycles. The van der Waals surface area contributed by atoms with Crippen LogP contribution in [-0.2, 0) is 6.54 Å². The maximum atomic E-state index is 13.9. The minimum atomic E-state index is -1.12. The van der Waals surface area contributed by atoms with Crippen molar-refractivity contribution < 1.29 is 8.81 Å². The van der Waals surface area contributed by atoms with E-state index in [2.05, 4.69) is 54.7 Å². The molecule has 5 rings (SSSR count). The molecule has 0 saturated carbocycles. The molecule has 1 aliphatic carbocycles. The van der Waals surface area contributed by atoms with Crippen LogP contribution in [0.25, 0.3) is 11.5 Å². The van der Waals surface area contributed by atoms with Crippen LogP contribution in [0.3, 0.4) is 0 Å². The molecule has 40 heavy (non-hydrogen) atoms. The minimum Gasteiger partial charge on any atom is -0.419 e. The number of rotatable bonds is 7. The highest BCUT2D eigenvalue weighted by Crippen LogP contribution is 2.40. The number of aryl methyl sites for hydroxylation is 1. The van der Waals surface area contributed by atoms with Crippen LogP contribution in [0.1, 0.15) is 56.2 Å². The Hall–Kier alpha value is -2.88. The van der Waals surface area contributed by atoms with Gasteiger partial charge in [-0.05, 0) is 98.3 Å². The summed E-state index contributed by atoms with van der Waals surface area (Å²) in [6.45, 7) is 7.36. The highest BCUT2D eigenvalue weighted by Gasteiger charge is 2.37. The smallest absolute Gasteiger partial charge is 0.247 e. The van der Waals surface area contributed by atoms with Gasteiger partial charge in [0.25, 0.3) is 0 Å². The van der Waals surface area contributed by atoms with Crippen molar-refractivity contribution in [1.82, 2.24) is 15.1 Å². The van der Waals surface area contributed by atoms with E-state index in [0.29, 0.717) is 29.1 Å². The number of hydrogen-bond acceptors (Lipinski definition) is 6. The predicted molar refractivity (Wildman–Crippen MR) is 162 cm³/mol. The van der Waals surface area contributed by atoms with E-state index in [0.717, 1.165) is 47.9 Å². The largest absolute Gasteiger partial charge is 0.419 e. The van der Waals surface area contributed by atoms with Gasteiger partial charge in [-0.25, -0.2) is 4.39 Å². The first-order chi connectivity index (χ1) is 19.0. The number of likely N-dealkylation sites (tertiary alicyclic amines) is 1. The van der Waals surface area contributed by atoms with Gasteiger partial charge in [0.05, 0.1) is 18.7 Å². The molecule has 0 spiro atoms. The monoisotopic (exact) mass is 579 g/mol. The Morgan fingerprint density at radius 1 is 1.23 bits per heavy atom. The lowest BCUT2D eigenvalue weighted by Crippen LogP contribution is -2.50. The molecule has 9 heteroatoms. The van der Waals surface area contributed by atoms with Crippen molar-refractivity contribution in [2.75, 3.05) is 13.1 Å². The van der Waals surface area contributed by atoms with Crippen molar-refractivity contribution >= 4 is 26.1 Å². The number of nitriles is 1. The Labute approximate surface area is 243 Å². The number of hydrogen-bond donors (Lipinski definition) is 1. The Balaban J connectivity index is 0.000000210. The number of aromatic nitrogens is 2. The molecule has 1 aromatic heterocycles. The van der Waals surface area contributed by atoms with Gasteiger partial charge in [0.2, 0.25) is 11.8 Å². The van der Waals surface area contributed by atoms with Gasteiger partial charge in [0.15, 0.2) is 0 Å². The molecule has 2 atom stereocenters. The van der Waals surface area contributed by atoms with Crippen molar-refractivity contribution in [2.45, 2.75) is 58.3 Å². The average molecular weight is 580 g/mol. The number of nitrogens with zero attached hydrogens (tertiary/aromatic N) is 4. The van der Waals surface area contributed by atoms with Gasteiger partial charge in [0, 0.05) is 29.2 Å². The highest BCUT2D eigenvalue weighted by atomic mass is 35.5. The lowest BCUT2D eigenvalue weighted by atomic mass is 9.83. The van der Waals surface area contributed by atoms with E-state index in [1.807, 2.05) is 37.3 Å². The minimum absolute atomic E-state index is 0.111. The number of benzene rings is 2. The molecule has 0 amide bonds. The summed E-state index contributed by atoms with van der Waals surface area (Å²) in [6, 6.07) is 16.4. The number of nitrogens with two attached hydrogens (primary N) is 1. The predicted octanol–water partition coefficient (Wildman–Crippen LogP) is 6.63. The van der Waals surface area contributed by atoms with Crippen LogP contribution < -0.4 is 11.0 Å². The number of allylic oxidation sites excluding steroid dienone is 2. The Morgan fingerprint density at radius 3 is 2.55 bits per heavy atom. The molecule has 210 valence electrons. The van der Waals surface area contributed by atoms with Crippen molar-refractivity contribution in [2.24, 2.45) is 11.7 Å². The fourth-order valence-corrected chi connectivity index (χ4v) is 5.86. The molecule has 3 aromatic rings. The van der Waals surface area contributed by atoms with Crippen LogP contribution in [0.15, 0.2) is 70.2 Å². The summed E-state index contributed by atoms with van der Waals surface area (Å²) in [5, 5.41) is 18.8. The third-order valence-electron chi connectivity index (χ3n) is 6.89. The molecule has 2 aliphatic rings. The molecular formula is C31H36ClFN5OP. The van der Waals surface area contributed by atoms with Crippen LogP contribution in [0.5, 0.6) is 0 Å². The van der Waals surface area contributed by atoms with E-state index in [-0.39, 0.29) is 12.6 Å². The molecule has 6 nitrogen and oxygen atoms in total. The highest BCUT2D eigenvalue weighted by molar-refractivity contribution is 7.27. The maximum Gasteiger partial charge on any atom is 0.247 e. The third kappa shape index (κ3) is 8.08. The van der Waals surface area contributed by atoms with Crippen LogP contribution in [0.2, 0.25) is 5.02 Å². The summed E-state index contributed by atoms with van der Waals surface area (Å²) in [5.41, 5.74) is 9.53. The molecule has 1 saturated heterocycles. The van der Waals surface area contributed by atoms with Gasteiger partial charge < -0.3 is 10.2 Å². The Bertz CT molecular complexity index is 1390. The van der Waals surface area contributed by atoms with E-state index in [4.69, 9.17) is 21.8 Å². The molecule has 2 unspecified atom stereocenters. The fourth-order valence-electron chi connectivity index (χ4n) is 5.29. The van der Waals surface area contributed by atoms with Gasteiger partial charge in [-0.2, -0.15) is 5.26 Å². The van der Waals surface area contributed by atoms with E-state index in [9.17, 15) is 9.65 Å². The normalized spacial score (nSPS) is 16.6. The zero-order valence-corrected chi connectivity index (χ0v) is 25.1. The quantitative estimate of drug-likeness (QED) is 0.316.